The van der Waals surface area contributed by atoms with Crippen LogP contribution in [0.3, 0.4) is 0 Å². The number of hydrogen-bond donors (Lipinski definition) is 0. The van der Waals surface area contributed by atoms with E-state index in [1.165, 1.54) is 25.1 Å². The Balaban J connectivity index is 2.29. The van der Waals surface area contributed by atoms with Crippen molar-refractivity contribution in [2.75, 3.05) is 0 Å². The maximum Gasteiger partial charge on any atom is 0.523 e. The van der Waals surface area contributed by atoms with E-state index in [9.17, 15) is 34.8 Å². The number of alkyl halides is 6. The highest BCUT2D eigenvalue weighted by atomic mass is 32.3. The molecule has 1 aromatic carbocycles. The van der Waals surface area contributed by atoms with Crippen LogP contribution < -0.4 is 0 Å². The van der Waals surface area contributed by atoms with E-state index in [2.05, 4.69) is 3.63 Å². The molecule has 1 heterocycles. The van der Waals surface area contributed by atoms with Gasteiger partial charge in [-0.2, -0.15) is 38.4 Å². The van der Waals surface area contributed by atoms with Crippen molar-refractivity contribution in [1.29, 1.82) is 0 Å². The molecular formula is C15H14F6O3S2. The minimum Gasteiger partial charge on any atom is -0.196 e. The fourth-order valence-corrected chi connectivity index (χ4v) is 7.89. The third kappa shape index (κ3) is 2.75. The summed E-state index contributed by atoms with van der Waals surface area (Å²) in [6, 6.07) is 3.76. The van der Waals surface area contributed by atoms with E-state index in [1.54, 1.807) is 0 Å². The second-order valence-corrected chi connectivity index (χ2v) is 10.5. The molecule has 1 unspecified atom stereocenters. The van der Waals surface area contributed by atoms with Gasteiger partial charge in [0, 0.05) is 20.1 Å². The largest absolute Gasteiger partial charge is 0.523 e. The molecule has 0 aromatic heterocycles. The van der Waals surface area contributed by atoms with Gasteiger partial charge >= 0.3 is 21.1 Å². The number of halogens is 6. The molecule has 1 aliphatic carbocycles. The van der Waals surface area contributed by atoms with E-state index < -0.39 is 47.2 Å². The maximum atomic E-state index is 14.2. The predicted octanol–water partition coefficient (Wildman–Crippen LogP) is 5.61. The van der Waals surface area contributed by atoms with Crippen molar-refractivity contribution in [1.82, 2.24) is 0 Å². The highest BCUT2D eigenvalue weighted by molar-refractivity contribution is 8.37. The van der Waals surface area contributed by atoms with Crippen LogP contribution in [0.15, 0.2) is 28.0 Å². The molecule has 3 rings (SSSR count). The zero-order chi connectivity index (χ0) is 19.5. The number of aryl methyl sites for hydroxylation is 1. The molecule has 1 aliphatic heterocycles. The van der Waals surface area contributed by atoms with Crippen LogP contribution in [0.4, 0.5) is 26.3 Å². The van der Waals surface area contributed by atoms with Gasteiger partial charge in [0.15, 0.2) is 0 Å². The van der Waals surface area contributed by atoms with Crippen LogP contribution in [0.25, 0.3) is 6.08 Å². The van der Waals surface area contributed by atoms with Gasteiger partial charge in [0.2, 0.25) is 0 Å². The highest BCUT2D eigenvalue weighted by Gasteiger charge is 2.65. The Morgan fingerprint density at radius 2 is 1.73 bits per heavy atom. The van der Waals surface area contributed by atoms with Gasteiger partial charge in [-0.05, 0) is 49.0 Å². The zero-order valence-electron chi connectivity index (χ0n) is 13.3. The van der Waals surface area contributed by atoms with Gasteiger partial charge < -0.3 is 0 Å². The lowest BCUT2D eigenvalue weighted by atomic mass is 9.84. The van der Waals surface area contributed by atoms with Gasteiger partial charge in [-0.15, -0.1) is 0 Å². The minimum absolute atomic E-state index is 0.0825. The second-order valence-electron chi connectivity index (χ2n) is 6.13. The Labute approximate surface area is 147 Å². The van der Waals surface area contributed by atoms with Gasteiger partial charge in [-0.25, -0.2) is 0 Å². The molecule has 11 heteroatoms. The average molecular weight is 420 g/mol. The summed E-state index contributed by atoms with van der Waals surface area (Å²) >= 11 is 0. The van der Waals surface area contributed by atoms with Crippen molar-refractivity contribution >= 4 is 26.5 Å². The third-order valence-corrected chi connectivity index (χ3v) is 9.36. The fourth-order valence-electron chi connectivity index (χ4n) is 3.03. The van der Waals surface area contributed by atoms with Crippen molar-refractivity contribution < 1.29 is 38.4 Å². The highest BCUT2D eigenvalue weighted by Crippen LogP contribution is 2.80. The average Bonchev–Trinajstić information content (AvgIpc) is 2.72. The predicted molar refractivity (Wildman–Crippen MR) is 84.5 cm³/mol. The molecule has 0 spiro atoms. The lowest BCUT2D eigenvalue weighted by molar-refractivity contribution is -0.0547. The molecule has 0 radical (unpaired) electrons. The van der Waals surface area contributed by atoms with Crippen LogP contribution in [-0.4, -0.2) is 19.4 Å². The summed E-state index contributed by atoms with van der Waals surface area (Å²) in [6.07, 6.45) is 2.48. The summed E-state index contributed by atoms with van der Waals surface area (Å²) in [7, 11) is -11.3. The van der Waals surface area contributed by atoms with E-state index >= 15 is 0 Å². The van der Waals surface area contributed by atoms with Crippen LogP contribution in [-0.2, 0) is 13.7 Å². The first-order valence-corrected chi connectivity index (χ1v) is 10.5. The van der Waals surface area contributed by atoms with Crippen molar-refractivity contribution in [3.8, 4) is 0 Å². The minimum atomic E-state index is -6.45. The Bertz CT molecular complexity index is 868. The molecule has 2 aliphatic rings. The summed E-state index contributed by atoms with van der Waals surface area (Å²) in [5.41, 5.74) is -10.8. The van der Waals surface area contributed by atoms with Crippen LogP contribution in [0.1, 0.15) is 30.4 Å². The van der Waals surface area contributed by atoms with Gasteiger partial charge in [0.05, 0.1) is 0 Å². The van der Waals surface area contributed by atoms with Crippen molar-refractivity contribution in [2.24, 2.45) is 5.92 Å². The molecular weight excluding hydrogens is 406 g/mol. The first-order valence-electron chi connectivity index (χ1n) is 7.54. The molecule has 1 fully saturated rings. The maximum absolute atomic E-state index is 14.2. The number of allylic oxidation sites excluding steroid dienone is 1. The topological polar surface area (TPSA) is 43.4 Å². The zero-order valence-corrected chi connectivity index (χ0v) is 15.0. The number of fused-ring (bicyclic) bond motifs is 1. The van der Waals surface area contributed by atoms with Crippen LogP contribution in [0.2, 0.25) is 0 Å². The van der Waals surface area contributed by atoms with Crippen LogP contribution in [0, 0.1) is 12.8 Å². The van der Waals surface area contributed by atoms with E-state index in [4.69, 9.17) is 0 Å². The molecule has 0 bridgehead atoms. The Morgan fingerprint density at radius 3 is 2.19 bits per heavy atom. The second kappa shape index (κ2) is 5.90. The molecule has 1 atom stereocenters. The molecule has 146 valence electrons. The fraction of sp³-hybridized carbons (Fsp3) is 0.467. The molecule has 1 aromatic rings. The monoisotopic (exact) mass is 420 g/mol. The van der Waals surface area contributed by atoms with Gasteiger partial charge in [-0.3, -0.25) is 0 Å². The normalized spacial score (nSPS) is 26.7. The molecule has 1 saturated carbocycles. The Kier molecular flexibility index (Phi) is 4.44. The van der Waals surface area contributed by atoms with E-state index in [0.717, 1.165) is 6.07 Å². The Hall–Kier alpha value is -1.20. The number of benzene rings is 1. The first kappa shape index (κ1) is 19.6. The molecule has 0 saturated heterocycles. The van der Waals surface area contributed by atoms with Crippen molar-refractivity contribution in [2.45, 2.75) is 42.1 Å². The summed E-state index contributed by atoms with van der Waals surface area (Å²) < 4.78 is 108. The molecule has 26 heavy (non-hydrogen) atoms. The summed E-state index contributed by atoms with van der Waals surface area (Å²) in [4.78, 5) is -0.937. The number of hydrogen-bond acceptors (Lipinski definition) is 3. The van der Waals surface area contributed by atoms with E-state index in [1.807, 2.05) is 0 Å². The van der Waals surface area contributed by atoms with Crippen LogP contribution in [0.5, 0.6) is 0 Å². The summed E-state index contributed by atoms with van der Waals surface area (Å²) in [5, 5.41) is 0. The van der Waals surface area contributed by atoms with Gasteiger partial charge in [0.25, 0.3) is 0 Å². The molecule has 0 N–H and O–H groups in total. The van der Waals surface area contributed by atoms with E-state index in [0.29, 0.717) is 24.8 Å². The number of rotatable bonds is 3. The quantitative estimate of drug-likeness (QED) is 0.471. The smallest absolute Gasteiger partial charge is 0.196 e. The lowest BCUT2D eigenvalue weighted by Gasteiger charge is -2.43. The third-order valence-electron chi connectivity index (χ3n) is 4.52. The van der Waals surface area contributed by atoms with Crippen molar-refractivity contribution in [3.05, 3.63) is 34.2 Å². The Morgan fingerprint density at radius 1 is 1.12 bits per heavy atom. The van der Waals surface area contributed by atoms with Crippen molar-refractivity contribution in [3.63, 3.8) is 0 Å². The van der Waals surface area contributed by atoms with E-state index in [-0.39, 0.29) is 5.56 Å². The molecule has 0 amide bonds. The van der Waals surface area contributed by atoms with Gasteiger partial charge in [-0.1, -0.05) is 18.6 Å². The standard InChI is InChI=1S/C15H14F6O3S2/c1-9-4-2-7-12-11(9)8-13(10-5-3-6-10)25(12,14(16,17)18)24-26(22,23)15(19,20)21/h2,4,7-8,10H,3,5-6H2,1H3. The summed E-state index contributed by atoms with van der Waals surface area (Å²) in [6.45, 7) is 1.51. The van der Waals surface area contributed by atoms with Crippen LogP contribution >= 0.6 is 10.3 Å². The summed E-state index contributed by atoms with van der Waals surface area (Å²) in [5.74, 6) is -0.651. The lowest BCUT2D eigenvalue weighted by Crippen LogP contribution is -2.34. The SMILES string of the molecule is Cc1cccc2c1C=C(C1CCC1)S2(OS(=O)(=O)C(F)(F)F)C(F)(F)F. The first-order chi connectivity index (χ1) is 11.8. The van der Waals surface area contributed by atoms with Gasteiger partial charge in [0.1, 0.15) is 0 Å². The molecule has 3 nitrogen and oxygen atoms in total.